The molecule has 56 heavy (non-hydrogen) atoms. The minimum absolute atomic E-state index is 0. The van der Waals surface area contributed by atoms with Gasteiger partial charge in [-0.3, -0.25) is 4.98 Å². The maximum atomic E-state index is 7.33. The molecule has 0 saturated heterocycles. The van der Waals surface area contributed by atoms with Crippen molar-refractivity contribution in [2.45, 2.75) is 78.1 Å². The third-order valence-corrected chi connectivity index (χ3v) is 11.4. The Morgan fingerprint density at radius 2 is 1.32 bits per heavy atom. The molecule has 6 aromatic rings. The standard InChI is InChI=1S/C50H45IN4.Zn/c1-10-30-11-13-31(14-12-30)40-25-38-24-39-29-50(8,9)46(54-39)28-44-41(32-15-17-36(51)18-16-32)27-45(55-44)47(42-20-19-37(52-42)26-43(40)53-38)33-21-34(48(2,3)4)23-35(22-33)49(5,6)7;/h1,11-28H,29H2,2-9H3;/q-2;+2/i1T;. The minimum Gasteiger partial charge on any atom is -0.657 e. The molecule has 0 amide bonds. The van der Waals surface area contributed by atoms with Gasteiger partial charge < -0.3 is 9.97 Å². The van der Waals surface area contributed by atoms with Gasteiger partial charge in [0.2, 0.25) is 0 Å². The quantitative estimate of drug-likeness (QED) is 0.101. The van der Waals surface area contributed by atoms with Crippen LogP contribution in [0, 0.1) is 15.9 Å². The summed E-state index contributed by atoms with van der Waals surface area (Å²) in [7, 11) is 0. The summed E-state index contributed by atoms with van der Waals surface area (Å²) in [6.07, 6.45) is 7.25. The topological polar surface area (TPSA) is 54.0 Å². The van der Waals surface area contributed by atoms with E-state index < -0.39 is 0 Å². The molecule has 0 atom stereocenters. The van der Waals surface area contributed by atoms with Gasteiger partial charge in [-0.05, 0) is 114 Å². The van der Waals surface area contributed by atoms with Crippen molar-refractivity contribution in [1.29, 1.82) is 0 Å². The van der Waals surface area contributed by atoms with Gasteiger partial charge in [-0.15, -0.1) is 28.5 Å². The third-order valence-electron chi connectivity index (χ3n) is 10.7. The molecule has 6 heteroatoms. The van der Waals surface area contributed by atoms with Gasteiger partial charge in [0.15, 0.2) is 0 Å². The predicted molar refractivity (Wildman–Crippen MR) is 239 cm³/mol. The molecule has 8 rings (SSSR count). The number of rotatable bonds is 3. The molecule has 0 saturated carbocycles. The summed E-state index contributed by atoms with van der Waals surface area (Å²) in [5.74, 6) is 2.84. The van der Waals surface area contributed by atoms with E-state index in [2.05, 4.69) is 175 Å². The number of aromatic nitrogens is 4. The van der Waals surface area contributed by atoms with E-state index in [1.807, 2.05) is 24.3 Å². The molecule has 3 aromatic heterocycles. The van der Waals surface area contributed by atoms with Crippen LogP contribution in [0.5, 0.6) is 0 Å². The van der Waals surface area contributed by atoms with E-state index in [1.165, 1.54) is 14.7 Å². The van der Waals surface area contributed by atoms with Gasteiger partial charge in [-0.1, -0.05) is 134 Å². The Bertz CT molecular complexity index is 2750. The van der Waals surface area contributed by atoms with Crippen LogP contribution in [0.25, 0.3) is 67.6 Å². The molecule has 0 unspecified atom stereocenters. The zero-order valence-electron chi connectivity index (χ0n) is 34.5. The molecular formula is C50H45IN4Zn. The number of hydrogen-bond donors (Lipinski definition) is 0. The van der Waals surface area contributed by atoms with E-state index >= 15 is 0 Å². The normalized spacial score (nSPS) is 13.8. The predicted octanol–water partition coefficient (Wildman–Crippen LogP) is 12.4. The summed E-state index contributed by atoms with van der Waals surface area (Å²) in [5, 5.41) is 0. The van der Waals surface area contributed by atoms with Gasteiger partial charge in [-0.25, -0.2) is 4.98 Å². The van der Waals surface area contributed by atoms with E-state index in [0.717, 1.165) is 90.2 Å². The Hall–Kier alpha value is -4.57. The van der Waals surface area contributed by atoms with Gasteiger partial charge in [0.1, 0.15) is 1.37 Å². The number of benzene rings is 3. The second-order valence-corrected chi connectivity index (χ2v) is 18.8. The smallest absolute Gasteiger partial charge is 0.657 e. The molecule has 8 bridgehead atoms. The number of nitrogens with zero attached hydrogens (tertiary/aromatic N) is 4. The maximum absolute atomic E-state index is 7.33. The molecule has 5 heterocycles. The first kappa shape index (κ1) is 38.3. The SMILES string of the molecule is [3H]C#Cc1ccc(-c2cc3cc4nc(cc5[n-]c(cc5-c5ccc(I)cc5)c(-c5cc(C(C)(C)C)cc(C(C)(C)C)c5)c5nc(cc2[n-]3)C=C5)C(C)(C)C4)cc1.[Zn+2]. The fraction of sp³-hybridized carbons (Fsp3) is 0.240. The van der Waals surface area contributed by atoms with Crippen LogP contribution >= 0.6 is 22.6 Å². The van der Waals surface area contributed by atoms with Gasteiger partial charge in [0.05, 0.1) is 11.4 Å². The van der Waals surface area contributed by atoms with E-state index in [-0.39, 0.29) is 35.7 Å². The Morgan fingerprint density at radius 1 is 0.696 bits per heavy atom. The van der Waals surface area contributed by atoms with Crippen LogP contribution in [0.15, 0.2) is 97.1 Å². The monoisotopic (exact) mass is 894 g/mol. The van der Waals surface area contributed by atoms with Crippen molar-refractivity contribution >= 4 is 56.8 Å². The molecule has 2 aliphatic rings. The molecule has 3 aromatic carbocycles. The molecule has 0 radical (unpaired) electrons. The van der Waals surface area contributed by atoms with Crippen LogP contribution in [0.4, 0.5) is 0 Å². The summed E-state index contributed by atoms with van der Waals surface area (Å²) in [5.41, 5.74) is 16.4. The second kappa shape index (κ2) is 14.7. The Labute approximate surface area is 359 Å². The second-order valence-electron chi connectivity index (χ2n) is 17.5. The van der Waals surface area contributed by atoms with Crippen LogP contribution in [-0.2, 0) is 42.1 Å². The van der Waals surface area contributed by atoms with Crippen molar-refractivity contribution in [3.8, 4) is 45.7 Å². The summed E-state index contributed by atoms with van der Waals surface area (Å²) in [6, 6.07) is 34.5. The first-order valence-electron chi connectivity index (χ1n) is 19.4. The summed E-state index contributed by atoms with van der Waals surface area (Å²) < 4.78 is 8.52. The summed E-state index contributed by atoms with van der Waals surface area (Å²) >= 11 is 2.37. The van der Waals surface area contributed by atoms with Crippen molar-refractivity contribution in [2.24, 2.45) is 0 Å². The summed E-state index contributed by atoms with van der Waals surface area (Å²) in [6.45, 7) is 18.2. The molecule has 0 aliphatic carbocycles. The fourth-order valence-corrected chi connectivity index (χ4v) is 7.80. The van der Waals surface area contributed by atoms with E-state index in [0.29, 0.717) is 0 Å². The van der Waals surface area contributed by atoms with Crippen LogP contribution < -0.4 is 9.97 Å². The Kier molecular flexibility index (Phi) is 10.1. The number of halogens is 1. The number of terminal acetylenes is 1. The van der Waals surface area contributed by atoms with Gasteiger partial charge in [0.25, 0.3) is 0 Å². The van der Waals surface area contributed by atoms with E-state index in [9.17, 15) is 0 Å². The first-order valence-corrected chi connectivity index (χ1v) is 19.9. The van der Waals surface area contributed by atoms with Crippen molar-refractivity contribution in [3.05, 3.63) is 140 Å². The maximum Gasteiger partial charge on any atom is 2.00 e. The van der Waals surface area contributed by atoms with Crippen molar-refractivity contribution < 1.29 is 20.8 Å². The average Bonchev–Trinajstić information content (AvgIpc) is 3.92. The number of hydrogen-bond acceptors (Lipinski definition) is 2. The van der Waals surface area contributed by atoms with Crippen LogP contribution in [0.2, 0.25) is 0 Å². The fourth-order valence-electron chi connectivity index (χ4n) is 7.44. The van der Waals surface area contributed by atoms with E-state index in [4.69, 9.17) is 21.3 Å². The number of fused-ring (bicyclic) bond motifs is 8. The first-order chi connectivity index (χ1) is 26.5. The minimum atomic E-state index is -0.210. The van der Waals surface area contributed by atoms with E-state index in [1.54, 1.807) is 0 Å². The third kappa shape index (κ3) is 7.86. The zero-order valence-corrected chi connectivity index (χ0v) is 38.6. The largest absolute Gasteiger partial charge is 2.00 e. The molecule has 2 aliphatic heterocycles. The molecular weight excluding hydrogens is 849 g/mol. The van der Waals surface area contributed by atoms with Crippen LogP contribution in [0.1, 0.15) is 96.2 Å². The summed E-state index contributed by atoms with van der Waals surface area (Å²) in [4.78, 5) is 21.3. The molecule has 0 fully saturated rings. The van der Waals surface area contributed by atoms with Crippen LogP contribution in [0.3, 0.4) is 0 Å². The van der Waals surface area contributed by atoms with Crippen molar-refractivity contribution in [3.63, 3.8) is 0 Å². The Morgan fingerprint density at radius 3 is 1.96 bits per heavy atom. The zero-order chi connectivity index (χ0) is 39.6. The Balaban J connectivity index is 0.00000496. The molecule has 4 nitrogen and oxygen atoms in total. The van der Waals surface area contributed by atoms with Crippen LogP contribution in [-0.4, -0.2) is 9.97 Å². The van der Waals surface area contributed by atoms with Gasteiger partial charge in [0, 0.05) is 32.4 Å². The van der Waals surface area contributed by atoms with Crippen molar-refractivity contribution in [1.82, 2.24) is 19.9 Å². The average molecular weight is 896 g/mol. The molecule has 0 N–H and O–H groups in total. The van der Waals surface area contributed by atoms with Gasteiger partial charge >= 0.3 is 19.5 Å². The van der Waals surface area contributed by atoms with Crippen molar-refractivity contribution in [2.75, 3.05) is 0 Å². The van der Waals surface area contributed by atoms with Gasteiger partial charge in [-0.2, -0.15) is 0 Å². The molecule has 0 spiro atoms. The molecule has 274 valence electrons.